The van der Waals surface area contributed by atoms with Gasteiger partial charge in [-0.3, -0.25) is 4.79 Å². The van der Waals surface area contributed by atoms with Crippen molar-refractivity contribution in [2.24, 2.45) is 0 Å². The van der Waals surface area contributed by atoms with E-state index in [1.54, 1.807) is 18.4 Å². The normalized spacial score (nSPS) is 11.8. The maximum atomic E-state index is 12.7. The Morgan fingerprint density at radius 2 is 2.00 bits per heavy atom. The SMILES string of the molecule is COc1cccc(-c2nnn(CC(=O)N[C@@H](c3ccccc3)c3cccs3)n2)c1. The highest BCUT2D eigenvalue weighted by atomic mass is 32.1. The van der Waals surface area contributed by atoms with Crippen LogP contribution in [-0.4, -0.2) is 33.2 Å². The van der Waals surface area contributed by atoms with Crippen LogP contribution in [0.25, 0.3) is 11.4 Å². The fourth-order valence-corrected chi connectivity index (χ4v) is 3.75. The predicted octanol–water partition coefficient (Wildman–Crippen LogP) is 3.32. The molecule has 0 saturated carbocycles. The summed E-state index contributed by atoms with van der Waals surface area (Å²) < 4.78 is 5.22. The van der Waals surface area contributed by atoms with Crippen molar-refractivity contribution in [2.75, 3.05) is 7.11 Å². The molecule has 0 saturated heterocycles. The lowest BCUT2D eigenvalue weighted by Gasteiger charge is -2.17. The number of ether oxygens (including phenoxy) is 1. The van der Waals surface area contributed by atoms with Crippen molar-refractivity contribution in [1.82, 2.24) is 25.5 Å². The second kappa shape index (κ2) is 8.66. The Hall–Kier alpha value is -3.52. The van der Waals surface area contributed by atoms with Gasteiger partial charge in [0.05, 0.1) is 13.2 Å². The zero-order valence-corrected chi connectivity index (χ0v) is 16.5. The standard InChI is InChI=1S/C21H19N5O2S/c1-28-17-10-5-9-16(13-17)21-23-25-26(24-21)14-19(27)22-20(18-11-6-12-29-18)15-7-3-2-4-8-15/h2-13,20H,14H2,1H3,(H,22,27)/t20-/m0/s1. The van der Waals surface area contributed by atoms with E-state index in [4.69, 9.17) is 4.74 Å². The van der Waals surface area contributed by atoms with Crippen molar-refractivity contribution in [1.29, 1.82) is 0 Å². The molecule has 8 heteroatoms. The van der Waals surface area contributed by atoms with Gasteiger partial charge in [-0.15, -0.1) is 21.5 Å². The van der Waals surface area contributed by atoms with Gasteiger partial charge in [-0.05, 0) is 34.4 Å². The molecule has 0 bridgehead atoms. The molecule has 2 aromatic carbocycles. The van der Waals surface area contributed by atoms with E-state index in [-0.39, 0.29) is 18.5 Å². The van der Waals surface area contributed by atoms with Crippen LogP contribution in [0.15, 0.2) is 72.1 Å². The maximum Gasteiger partial charge on any atom is 0.244 e. The molecule has 7 nitrogen and oxygen atoms in total. The summed E-state index contributed by atoms with van der Waals surface area (Å²) in [5.74, 6) is 0.953. The first-order chi connectivity index (χ1) is 14.2. The predicted molar refractivity (Wildman–Crippen MR) is 111 cm³/mol. The number of hydrogen-bond acceptors (Lipinski definition) is 6. The monoisotopic (exact) mass is 405 g/mol. The van der Waals surface area contributed by atoms with Crippen LogP contribution in [0.4, 0.5) is 0 Å². The number of carbonyl (C=O) groups excluding carboxylic acids is 1. The quantitative estimate of drug-likeness (QED) is 0.510. The van der Waals surface area contributed by atoms with Crippen molar-refractivity contribution in [3.05, 3.63) is 82.6 Å². The second-order valence-electron chi connectivity index (χ2n) is 6.30. The number of nitrogens with one attached hydrogen (secondary N) is 1. The van der Waals surface area contributed by atoms with Crippen LogP contribution in [0.2, 0.25) is 0 Å². The Labute approximate surface area is 172 Å². The number of nitrogens with zero attached hydrogens (tertiary/aromatic N) is 4. The van der Waals surface area contributed by atoms with Crippen LogP contribution >= 0.6 is 11.3 Å². The maximum absolute atomic E-state index is 12.7. The van der Waals surface area contributed by atoms with Gasteiger partial charge in [-0.25, -0.2) is 0 Å². The fourth-order valence-electron chi connectivity index (χ4n) is 2.94. The van der Waals surface area contributed by atoms with Crippen LogP contribution in [0, 0.1) is 0 Å². The molecule has 0 unspecified atom stereocenters. The summed E-state index contributed by atoms with van der Waals surface area (Å²) in [7, 11) is 1.60. The largest absolute Gasteiger partial charge is 0.497 e. The minimum atomic E-state index is -0.218. The first-order valence-electron chi connectivity index (χ1n) is 9.03. The molecule has 0 aliphatic carbocycles. The lowest BCUT2D eigenvalue weighted by atomic mass is 10.1. The van der Waals surface area contributed by atoms with Gasteiger partial charge in [-0.1, -0.05) is 48.5 Å². The molecule has 0 fully saturated rings. The van der Waals surface area contributed by atoms with E-state index in [1.807, 2.05) is 72.1 Å². The van der Waals surface area contributed by atoms with E-state index >= 15 is 0 Å². The van der Waals surface area contributed by atoms with E-state index in [0.717, 1.165) is 16.0 Å². The molecule has 0 spiro atoms. The smallest absolute Gasteiger partial charge is 0.244 e. The topological polar surface area (TPSA) is 81.9 Å². The van der Waals surface area contributed by atoms with E-state index in [9.17, 15) is 4.79 Å². The molecule has 2 aromatic heterocycles. The Bertz CT molecular complexity index is 1080. The van der Waals surface area contributed by atoms with Crippen molar-refractivity contribution in [3.63, 3.8) is 0 Å². The Kier molecular flexibility index (Phi) is 5.62. The highest BCUT2D eigenvalue weighted by Gasteiger charge is 2.19. The van der Waals surface area contributed by atoms with Crippen molar-refractivity contribution >= 4 is 17.2 Å². The molecule has 0 aliphatic heterocycles. The van der Waals surface area contributed by atoms with Gasteiger partial charge in [-0.2, -0.15) is 4.80 Å². The third-order valence-corrected chi connectivity index (χ3v) is 5.27. The van der Waals surface area contributed by atoms with Crippen LogP contribution in [0.3, 0.4) is 0 Å². The molecule has 29 heavy (non-hydrogen) atoms. The number of hydrogen-bond donors (Lipinski definition) is 1. The first kappa shape index (κ1) is 18.8. The van der Waals surface area contributed by atoms with Gasteiger partial charge in [0.2, 0.25) is 11.7 Å². The zero-order chi connectivity index (χ0) is 20.1. The van der Waals surface area contributed by atoms with Crippen LogP contribution in [-0.2, 0) is 11.3 Å². The van der Waals surface area contributed by atoms with Gasteiger partial charge >= 0.3 is 0 Å². The Balaban J connectivity index is 1.48. The van der Waals surface area contributed by atoms with Crippen molar-refractivity contribution in [3.8, 4) is 17.1 Å². The molecule has 1 atom stereocenters. The van der Waals surface area contributed by atoms with Gasteiger partial charge in [0.1, 0.15) is 12.3 Å². The second-order valence-corrected chi connectivity index (χ2v) is 7.28. The molecule has 4 aromatic rings. The Morgan fingerprint density at radius 3 is 2.76 bits per heavy atom. The summed E-state index contributed by atoms with van der Waals surface area (Å²) in [5, 5.41) is 17.4. The van der Waals surface area contributed by atoms with Crippen molar-refractivity contribution in [2.45, 2.75) is 12.6 Å². The third kappa shape index (κ3) is 4.49. The molecule has 2 heterocycles. The number of rotatable bonds is 7. The van der Waals surface area contributed by atoms with E-state index in [0.29, 0.717) is 11.6 Å². The minimum Gasteiger partial charge on any atom is -0.497 e. The van der Waals surface area contributed by atoms with Gasteiger partial charge in [0.25, 0.3) is 0 Å². The zero-order valence-electron chi connectivity index (χ0n) is 15.7. The van der Waals surface area contributed by atoms with E-state index in [1.165, 1.54) is 4.80 Å². The van der Waals surface area contributed by atoms with Crippen LogP contribution < -0.4 is 10.1 Å². The summed E-state index contributed by atoms with van der Waals surface area (Å²) >= 11 is 1.60. The average Bonchev–Trinajstić information content (AvgIpc) is 3.45. The number of tetrazole rings is 1. The molecule has 0 aliphatic rings. The average molecular weight is 405 g/mol. The molecular formula is C21H19N5O2S. The number of carbonyl (C=O) groups is 1. The number of thiophene rings is 1. The number of methoxy groups -OCH3 is 1. The summed E-state index contributed by atoms with van der Waals surface area (Å²) in [5.41, 5.74) is 1.80. The first-order valence-corrected chi connectivity index (χ1v) is 9.91. The number of amides is 1. The number of benzene rings is 2. The van der Waals surface area contributed by atoms with Gasteiger partial charge in [0.15, 0.2) is 0 Å². The fraction of sp³-hybridized carbons (Fsp3) is 0.143. The summed E-state index contributed by atoms with van der Waals surface area (Å²) in [4.78, 5) is 15.0. The third-order valence-electron chi connectivity index (χ3n) is 4.33. The van der Waals surface area contributed by atoms with Crippen LogP contribution in [0.1, 0.15) is 16.5 Å². The van der Waals surface area contributed by atoms with Crippen molar-refractivity contribution < 1.29 is 9.53 Å². The molecule has 146 valence electrons. The lowest BCUT2D eigenvalue weighted by Crippen LogP contribution is -2.32. The van der Waals surface area contributed by atoms with E-state index in [2.05, 4.69) is 20.7 Å². The highest BCUT2D eigenvalue weighted by molar-refractivity contribution is 7.10. The molecule has 1 amide bonds. The van der Waals surface area contributed by atoms with E-state index < -0.39 is 0 Å². The molecule has 0 radical (unpaired) electrons. The van der Waals surface area contributed by atoms with Crippen LogP contribution in [0.5, 0.6) is 5.75 Å². The molecule has 4 rings (SSSR count). The minimum absolute atomic E-state index is 0.0221. The van der Waals surface area contributed by atoms with Gasteiger partial charge in [0, 0.05) is 10.4 Å². The molecule has 1 N–H and O–H groups in total. The summed E-state index contributed by atoms with van der Waals surface area (Å²) in [6, 6.07) is 21.0. The molecular weight excluding hydrogens is 386 g/mol. The summed E-state index contributed by atoms with van der Waals surface area (Å²) in [6.45, 7) is -0.0221. The summed E-state index contributed by atoms with van der Waals surface area (Å²) in [6.07, 6.45) is 0. The number of aromatic nitrogens is 4. The highest BCUT2D eigenvalue weighted by Crippen LogP contribution is 2.26. The Morgan fingerprint density at radius 1 is 1.14 bits per heavy atom. The lowest BCUT2D eigenvalue weighted by molar-refractivity contribution is -0.122. The van der Waals surface area contributed by atoms with Gasteiger partial charge < -0.3 is 10.1 Å².